The molecule has 0 fully saturated rings. The van der Waals surface area contributed by atoms with E-state index in [1.807, 2.05) is 24.3 Å². The Morgan fingerprint density at radius 2 is 1.76 bits per heavy atom. The van der Waals surface area contributed by atoms with Crippen molar-refractivity contribution in [1.82, 2.24) is 4.90 Å². The molecule has 112 valence electrons. The first kappa shape index (κ1) is 15.4. The Balaban J connectivity index is 1.82. The van der Waals surface area contributed by atoms with Gasteiger partial charge in [0.2, 0.25) is 0 Å². The molecule has 0 saturated heterocycles. The molecule has 21 heavy (non-hydrogen) atoms. The number of anilines is 1. The molecule has 0 bridgehead atoms. The van der Waals surface area contributed by atoms with Crippen LogP contribution in [-0.4, -0.2) is 24.6 Å². The topological polar surface area (TPSA) is 38.5 Å². The van der Waals surface area contributed by atoms with Crippen LogP contribution < -0.4 is 10.5 Å². The van der Waals surface area contributed by atoms with Gasteiger partial charge in [-0.1, -0.05) is 31.2 Å². The molecule has 0 atom stereocenters. The fourth-order valence-corrected chi connectivity index (χ4v) is 2.23. The minimum atomic E-state index is 0.684. The number of rotatable bonds is 7. The second-order valence-corrected chi connectivity index (χ2v) is 5.21. The van der Waals surface area contributed by atoms with Crippen LogP contribution in [0.5, 0.6) is 5.75 Å². The molecule has 0 amide bonds. The van der Waals surface area contributed by atoms with Crippen LogP contribution in [0.2, 0.25) is 0 Å². The van der Waals surface area contributed by atoms with Crippen molar-refractivity contribution in [2.45, 2.75) is 20.4 Å². The molecule has 0 aromatic heterocycles. The van der Waals surface area contributed by atoms with Crippen LogP contribution in [0.15, 0.2) is 48.5 Å². The predicted molar refractivity (Wildman–Crippen MR) is 88.5 cm³/mol. The van der Waals surface area contributed by atoms with Gasteiger partial charge in [0, 0.05) is 18.8 Å². The maximum atomic E-state index is 5.76. The number of nitrogens with two attached hydrogens (primary N) is 1. The number of ether oxygens (including phenoxy) is 1. The largest absolute Gasteiger partial charge is 0.492 e. The molecule has 0 aliphatic heterocycles. The summed E-state index contributed by atoms with van der Waals surface area (Å²) in [5.74, 6) is 0.871. The van der Waals surface area contributed by atoms with Gasteiger partial charge in [0.05, 0.1) is 0 Å². The highest BCUT2D eigenvalue weighted by Crippen LogP contribution is 2.14. The van der Waals surface area contributed by atoms with E-state index in [1.54, 1.807) is 0 Å². The van der Waals surface area contributed by atoms with Gasteiger partial charge in [0.1, 0.15) is 12.4 Å². The molecular weight excluding hydrogens is 260 g/mol. The van der Waals surface area contributed by atoms with Gasteiger partial charge in [-0.2, -0.15) is 0 Å². The molecular formula is C18H24N2O. The van der Waals surface area contributed by atoms with Gasteiger partial charge < -0.3 is 10.5 Å². The first-order valence-corrected chi connectivity index (χ1v) is 7.44. The van der Waals surface area contributed by atoms with E-state index >= 15 is 0 Å². The summed E-state index contributed by atoms with van der Waals surface area (Å²) >= 11 is 0. The lowest BCUT2D eigenvalue weighted by Gasteiger charge is -2.21. The number of nitrogen functional groups attached to an aromatic ring is 1. The van der Waals surface area contributed by atoms with Gasteiger partial charge in [-0.05, 0) is 48.9 Å². The van der Waals surface area contributed by atoms with Gasteiger partial charge in [-0.15, -0.1) is 0 Å². The first-order valence-electron chi connectivity index (χ1n) is 7.44. The summed E-state index contributed by atoms with van der Waals surface area (Å²) in [6.45, 7) is 7.92. The van der Waals surface area contributed by atoms with Crippen molar-refractivity contribution in [2.24, 2.45) is 0 Å². The van der Waals surface area contributed by atoms with Gasteiger partial charge in [-0.3, -0.25) is 4.90 Å². The predicted octanol–water partition coefficient (Wildman–Crippen LogP) is 3.48. The van der Waals surface area contributed by atoms with E-state index in [0.717, 1.165) is 31.1 Å². The molecule has 0 spiro atoms. The van der Waals surface area contributed by atoms with Crippen molar-refractivity contribution in [3.05, 3.63) is 59.7 Å². The van der Waals surface area contributed by atoms with E-state index < -0.39 is 0 Å². The van der Waals surface area contributed by atoms with E-state index in [4.69, 9.17) is 10.5 Å². The zero-order valence-electron chi connectivity index (χ0n) is 12.9. The minimum absolute atomic E-state index is 0.684. The third-order valence-corrected chi connectivity index (χ3v) is 3.66. The van der Waals surface area contributed by atoms with Crippen molar-refractivity contribution < 1.29 is 4.74 Å². The molecule has 0 aliphatic rings. The molecule has 0 unspecified atom stereocenters. The van der Waals surface area contributed by atoms with Crippen LogP contribution in [0.4, 0.5) is 5.69 Å². The summed E-state index contributed by atoms with van der Waals surface area (Å²) in [5, 5.41) is 0. The van der Waals surface area contributed by atoms with Crippen molar-refractivity contribution in [3.63, 3.8) is 0 Å². The number of likely N-dealkylation sites (N-methyl/N-ethyl adjacent to an activating group) is 1. The molecule has 0 aliphatic carbocycles. The average Bonchev–Trinajstić information content (AvgIpc) is 2.50. The summed E-state index contributed by atoms with van der Waals surface area (Å²) in [4.78, 5) is 2.39. The average molecular weight is 284 g/mol. The van der Waals surface area contributed by atoms with Gasteiger partial charge in [0.25, 0.3) is 0 Å². The Kier molecular flexibility index (Phi) is 5.64. The number of nitrogens with zero attached hydrogens (tertiary/aromatic N) is 1. The van der Waals surface area contributed by atoms with Crippen molar-refractivity contribution in [1.29, 1.82) is 0 Å². The van der Waals surface area contributed by atoms with Crippen LogP contribution in [0.3, 0.4) is 0 Å². The van der Waals surface area contributed by atoms with Crippen LogP contribution in [0.1, 0.15) is 18.1 Å². The number of aryl methyl sites for hydroxylation is 1. The minimum Gasteiger partial charge on any atom is -0.492 e. The number of benzene rings is 2. The van der Waals surface area contributed by atoms with E-state index in [2.05, 4.69) is 43.0 Å². The van der Waals surface area contributed by atoms with Crippen molar-refractivity contribution in [2.75, 3.05) is 25.4 Å². The number of hydrogen-bond acceptors (Lipinski definition) is 3. The first-order chi connectivity index (χ1) is 10.2. The fourth-order valence-electron chi connectivity index (χ4n) is 2.23. The Morgan fingerprint density at radius 3 is 2.43 bits per heavy atom. The monoisotopic (exact) mass is 284 g/mol. The quantitative estimate of drug-likeness (QED) is 0.791. The third-order valence-electron chi connectivity index (χ3n) is 3.66. The molecule has 0 heterocycles. The third kappa shape index (κ3) is 4.80. The highest BCUT2D eigenvalue weighted by molar-refractivity contribution is 5.41. The zero-order chi connectivity index (χ0) is 15.1. The Bertz CT molecular complexity index is 551. The van der Waals surface area contributed by atoms with E-state index in [0.29, 0.717) is 6.61 Å². The van der Waals surface area contributed by atoms with Crippen LogP contribution in [-0.2, 0) is 6.54 Å². The van der Waals surface area contributed by atoms with E-state index in [1.165, 1.54) is 11.1 Å². The van der Waals surface area contributed by atoms with Crippen molar-refractivity contribution in [3.8, 4) is 5.75 Å². The van der Waals surface area contributed by atoms with Crippen LogP contribution in [0.25, 0.3) is 0 Å². The lowest BCUT2D eigenvalue weighted by Crippen LogP contribution is -2.28. The van der Waals surface area contributed by atoms with Gasteiger partial charge >= 0.3 is 0 Å². The molecule has 0 saturated carbocycles. The highest BCUT2D eigenvalue weighted by atomic mass is 16.5. The molecule has 2 aromatic rings. The summed E-state index contributed by atoms with van der Waals surface area (Å²) in [5.41, 5.74) is 9.15. The normalized spacial score (nSPS) is 10.8. The van der Waals surface area contributed by atoms with E-state index in [9.17, 15) is 0 Å². The molecule has 2 rings (SSSR count). The van der Waals surface area contributed by atoms with Crippen LogP contribution >= 0.6 is 0 Å². The lowest BCUT2D eigenvalue weighted by molar-refractivity contribution is 0.210. The zero-order valence-corrected chi connectivity index (χ0v) is 12.9. The second-order valence-electron chi connectivity index (χ2n) is 5.21. The Morgan fingerprint density at radius 1 is 1.05 bits per heavy atom. The summed E-state index contributed by atoms with van der Waals surface area (Å²) in [6.07, 6.45) is 0. The fraction of sp³-hybridized carbons (Fsp3) is 0.333. The molecule has 2 aromatic carbocycles. The molecule has 3 nitrogen and oxygen atoms in total. The molecule has 2 N–H and O–H groups in total. The molecule has 3 heteroatoms. The maximum Gasteiger partial charge on any atom is 0.119 e. The Labute approximate surface area is 127 Å². The smallest absolute Gasteiger partial charge is 0.119 e. The Hall–Kier alpha value is -2.00. The maximum absolute atomic E-state index is 5.76. The standard InChI is InChI=1S/C18H24N2O/c1-3-20(14-16-7-5-4-6-15(16)2)12-13-21-18-10-8-17(19)9-11-18/h4-11H,3,12-14,19H2,1-2H3. The van der Waals surface area contributed by atoms with Gasteiger partial charge in [0.15, 0.2) is 0 Å². The SMILES string of the molecule is CCN(CCOc1ccc(N)cc1)Cc1ccccc1C. The van der Waals surface area contributed by atoms with E-state index in [-0.39, 0.29) is 0 Å². The second kappa shape index (κ2) is 7.70. The summed E-state index contributed by atoms with van der Waals surface area (Å²) in [7, 11) is 0. The lowest BCUT2D eigenvalue weighted by atomic mass is 10.1. The summed E-state index contributed by atoms with van der Waals surface area (Å²) < 4.78 is 5.76. The highest BCUT2D eigenvalue weighted by Gasteiger charge is 2.06. The summed E-state index contributed by atoms with van der Waals surface area (Å²) in [6, 6.07) is 16.1. The van der Waals surface area contributed by atoms with Crippen molar-refractivity contribution >= 4 is 5.69 Å². The number of hydrogen-bond donors (Lipinski definition) is 1. The van der Waals surface area contributed by atoms with Crippen LogP contribution in [0, 0.1) is 6.92 Å². The molecule has 0 radical (unpaired) electrons. The van der Waals surface area contributed by atoms with Gasteiger partial charge in [-0.25, -0.2) is 0 Å².